The number of nitrogens with two attached hydrogens (primary N) is 1. The Morgan fingerprint density at radius 3 is 2.12 bits per heavy atom. The average Bonchev–Trinajstić information content (AvgIpc) is 2.10. The predicted octanol–water partition coefficient (Wildman–Crippen LogP) is -3.61. The van der Waals surface area contributed by atoms with E-state index in [0.717, 1.165) is 0 Å². The fourth-order valence-electron chi connectivity index (χ4n) is 0.458. The van der Waals surface area contributed by atoms with Crippen molar-refractivity contribution in [2.75, 3.05) is 19.6 Å². The Kier molecular flexibility index (Phi) is 21.1. The summed E-state index contributed by atoms with van der Waals surface area (Å²) in [5.74, 6) is -2.37. The molecular weight excluding hydrogens is 275 g/mol. The summed E-state index contributed by atoms with van der Waals surface area (Å²) in [6, 6.07) is 0. The van der Waals surface area contributed by atoms with E-state index in [2.05, 4.69) is 10.6 Å². The first-order chi connectivity index (χ1) is 6.06. The van der Waals surface area contributed by atoms with Crippen LogP contribution in [0.4, 0.5) is 0 Å². The maximum absolute atomic E-state index is 10.7. The van der Waals surface area contributed by atoms with Gasteiger partial charge in [0.1, 0.15) is 0 Å². The number of rotatable bonds is 5. The number of carboxylic acids is 1. The molecule has 0 rings (SSSR count). The van der Waals surface area contributed by atoms with E-state index in [1.807, 2.05) is 0 Å². The van der Waals surface area contributed by atoms with Gasteiger partial charge in [0.2, 0.25) is 5.91 Å². The molecule has 0 aliphatic rings. The summed E-state index contributed by atoms with van der Waals surface area (Å²) in [4.78, 5) is 31.1. The van der Waals surface area contributed by atoms with Gasteiger partial charge in [-0.25, -0.2) is 0 Å². The SMILES string of the molecule is NCC(=O)NCC(=O)[N-]CC(=O)O.O.O.[Zn+2]. The maximum Gasteiger partial charge on any atom is 2.00 e. The molecule has 0 fully saturated rings. The van der Waals surface area contributed by atoms with Crippen LogP contribution in [-0.4, -0.2) is 53.5 Å². The standard InChI is InChI=1S/C6H11N3O4.2H2O.Zn/c7-1-4(10)8-2-5(11)9-3-6(12)13;;;/h1-3,7H2,(H3,8,9,10,11,12,13);2*1H2;/q;;;+2/p-1. The molecule has 0 atom stereocenters. The number of nitrogens with zero attached hydrogens (tertiary/aromatic N) is 1. The van der Waals surface area contributed by atoms with E-state index in [1.165, 1.54) is 0 Å². The molecule has 0 saturated carbocycles. The molecular formula is C6H14N3O6Zn+. The molecule has 10 heteroatoms. The van der Waals surface area contributed by atoms with Gasteiger partial charge in [-0.1, -0.05) is 0 Å². The molecule has 0 aromatic rings. The van der Waals surface area contributed by atoms with Gasteiger partial charge < -0.3 is 37.2 Å². The molecule has 2 amide bonds. The number of nitrogens with one attached hydrogen (secondary N) is 1. The zero-order chi connectivity index (χ0) is 10.3. The van der Waals surface area contributed by atoms with Crippen LogP contribution in [0.25, 0.3) is 5.32 Å². The molecule has 0 aromatic heterocycles. The quantitative estimate of drug-likeness (QED) is 0.440. The fraction of sp³-hybridized carbons (Fsp3) is 0.500. The van der Waals surface area contributed by atoms with Gasteiger partial charge in [-0.05, 0) is 6.54 Å². The van der Waals surface area contributed by atoms with Crippen molar-refractivity contribution in [3.63, 3.8) is 0 Å². The molecule has 90 valence electrons. The van der Waals surface area contributed by atoms with Crippen molar-refractivity contribution in [1.29, 1.82) is 0 Å². The smallest absolute Gasteiger partial charge is 0.643 e. The van der Waals surface area contributed by atoms with Crippen LogP contribution in [-0.2, 0) is 33.9 Å². The Hall–Kier alpha value is -1.09. The van der Waals surface area contributed by atoms with E-state index in [1.54, 1.807) is 0 Å². The van der Waals surface area contributed by atoms with Gasteiger partial charge in [0.05, 0.1) is 19.0 Å². The number of hydrogen-bond donors (Lipinski definition) is 3. The number of aliphatic carboxylic acids is 1. The Balaban J connectivity index is -0.000000240. The first-order valence-electron chi connectivity index (χ1n) is 3.45. The average molecular weight is 290 g/mol. The molecule has 0 radical (unpaired) electrons. The molecule has 0 bridgehead atoms. The molecule has 0 aliphatic heterocycles. The van der Waals surface area contributed by atoms with E-state index < -0.39 is 24.3 Å². The summed E-state index contributed by atoms with van der Waals surface area (Å²) in [6.07, 6.45) is 0. The van der Waals surface area contributed by atoms with Crippen LogP contribution in [0.1, 0.15) is 0 Å². The third-order valence-electron chi connectivity index (χ3n) is 1.01. The van der Waals surface area contributed by atoms with Crippen molar-refractivity contribution < 1.29 is 49.9 Å². The number of carboxylic acid groups (broad SMARTS) is 1. The van der Waals surface area contributed by atoms with Crippen LogP contribution < -0.4 is 11.1 Å². The predicted molar refractivity (Wildman–Crippen MR) is 50.2 cm³/mol. The Morgan fingerprint density at radius 1 is 1.25 bits per heavy atom. The third-order valence-corrected chi connectivity index (χ3v) is 1.01. The van der Waals surface area contributed by atoms with Crippen LogP contribution >= 0.6 is 0 Å². The molecule has 16 heavy (non-hydrogen) atoms. The molecule has 0 unspecified atom stereocenters. The van der Waals surface area contributed by atoms with Gasteiger partial charge in [-0.3, -0.25) is 9.59 Å². The molecule has 0 heterocycles. The molecule has 8 N–H and O–H groups in total. The van der Waals surface area contributed by atoms with E-state index in [0.29, 0.717) is 0 Å². The topological polar surface area (TPSA) is 187 Å². The van der Waals surface area contributed by atoms with E-state index in [4.69, 9.17) is 10.8 Å². The number of carbonyl (C=O) groups is 3. The van der Waals surface area contributed by atoms with Crippen molar-refractivity contribution in [2.45, 2.75) is 0 Å². The summed E-state index contributed by atoms with van der Waals surface area (Å²) in [7, 11) is 0. The monoisotopic (exact) mass is 288 g/mol. The first-order valence-corrected chi connectivity index (χ1v) is 3.45. The Morgan fingerprint density at radius 2 is 1.75 bits per heavy atom. The summed E-state index contributed by atoms with van der Waals surface area (Å²) >= 11 is 0. The van der Waals surface area contributed by atoms with Crippen LogP contribution in [0.2, 0.25) is 0 Å². The molecule has 0 aromatic carbocycles. The van der Waals surface area contributed by atoms with E-state index >= 15 is 0 Å². The maximum atomic E-state index is 10.7. The van der Waals surface area contributed by atoms with E-state index in [9.17, 15) is 14.4 Å². The zero-order valence-corrected chi connectivity index (χ0v) is 11.5. The number of amides is 2. The fourth-order valence-corrected chi connectivity index (χ4v) is 0.458. The first kappa shape index (κ1) is 24.2. The minimum absolute atomic E-state index is 0. The van der Waals surface area contributed by atoms with Gasteiger partial charge in [-0.2, -0.15) is 0 Å². The van der Waals surface area contributed by atoms with Gasteiger partial charge in [0.15, 0.2) is 0 Å². The third kappa shape index (κ3) is 15.4. The van der Waals surface area contributed by atoms with Crippen molar-refractivity contribution in [2.24, 2.45) is 5.73 Å². The second-order valence-corrected chi connectivity index (χ2v) is 2.08. The Labute approximate surface area is 104 Å². The normalized spacial score (nSPS) is 7.31. The zero-order valence-electron chi connectivity index (χ0n) is 8.52. The summed E-state index contributed by atoms with van der Waals surface area (Å²) in [5.41, 5.74) is 4.93. The summed E-state index contributed by atoms with van der Waals surface area (Å²) < 4.78 is 0. The summed E-state index contributed by atoms with van der Waals surface area (Å²) in [5, 5.41) is 13.4. The second kappa shape index (κ2) is 13.9. The van der Waals surface area contributed by atoms with Gasteiger partial charge in [0, 0.05) is 0 Å². The largest absolute Gasteiger partial charge is 2.00 e. The second-order valence-electron chi connectivity index (χ2n) is 2.08. The minimum Gasteiger partial charge on any atom is -0.643 e. The molecule has 0 saturated heterocycles. The van der Waals surface area contributed by atoms with Crippen LogP contribution in [0, 0.1) is 0 Å². The van der Waals surface area contributed by atoms with Crippen molar-refractivity contribution in [3.05, 3.63) is 5.32 Å². The van der Waals surface area contributed by atoms with Gasteiger partial charge >= 0.3 is 19.5 Å². The number of carbonyl (C=O) groups excluding carboxylic acids is 2. The van der Waals surface area contributed by atoms with Gasteiger partial charge in [-0.15, -0.1) is 0 Å². The van der Waals surface area contributed by atoms with Crippen LogP contribution in [0.5, 0.6) is 0 Å². The Bertz CT molecular complexity index is 224. The number of hydrogen-bond acceptors (Lipinski definition) is 4. The van der Waals surface area contributed by atoms with Crippen molar-refractivity contribution in [3.8, 4) is 0 Å². The molecule has 9 nitrogen and oxygen atoms in total. The van der Waals surface area contributed by atoms with Crippen LogP contribution in [0.15, 0.2) is 0 Å². The van der Waals surface area contributed by atoms with Crippen molar-refractivity contribution in [1.82, 2.24) is 5.32 Å². The van der Waals surface area contributed by atoms with Gasteiger partial charge in [0.25, 0.3) is 5.97 Å². The van der Waals surface area contributed by atoms with Crippen LogP contribution in [0.3, 0.4) is 0 Å². The molecule has 0 aliphatic carbocycles. The minimum atomic E-state index is -1.20. The summed E-state index contributed by atoms with van der Waals surface area (Å²) in [6.45, 7) is -1.12. The molecule has 0 spiro atoms. The van der Waals surface area contributed by atoms with Crippen molar-refractivity contribution >= 4 is 17.8 Å². The van der Waals surface area contributed by atoms with E-state index in [-0.39, 0.29) is 43.5 Å².